The number of halogens is 1. The lowest BCUT2D eigenvalue weighted by Crippen LogP contribution is -2.33. The van der Waals surface area contributed by atoms with E-state index in [2.05, 4.69) is 0 Å². The van der Waals surface area contributed by atoms with Crippen molar-refractivity contribution in [3.8, 4) is 0 Å². The molecule has 0 aliphatic heterocycles. The topological polar surface area (TPSA) is 54.5 Å². The van der Waals surface area contributed by atoms with E-state index in [1.54, 1.807) is 62.4 Å². The molecule has 0 aliphatic rings. The van der Waals surface area contributed by atoms with Crippen LogP contribution in [0.1, 0.15) is 36.2 Å². The number of anilines is 2. The molecule has 0 aliphatic carbocycles. The van der Waals surface area contributed by atoms with Crippen LogP contribution in [0.4, 0.5) is 15.8 Å². The molecular formula is C26H24FNO3. The Hall–Kier alpha value is -3.60. The quantitative estimate of drug-likeness (QED) is 0.358. The summed E-state index contributed by atoms with van der Waals surface area (Å²) >= 11 is 0. The first kappa shape index (κ1) is 22.1. The van der Waals surface area contributed by atoms with Crippen molar-refractivity contribution in [1.82, 2.24) is 0 Å². The average molecular weight is 417 g/mol. The lowest BCUT2D eigenvalue weighted by Gasteiger charge is -2.22. The number of ketones is 2. The van der Waals surface area contributed by atoms with Gasteiger partial charge in [-0.15, -0.1) is 0 Å². The molecule has 0 atom stereocenters. The molecule has 3 rings (SSSR count). The molecule has 0 saturated heterocycles. The highest BCUT2D eigenvalue weighted by atomic mass is 19.1. The zero-order valence-electron chi connectivity index (χ0n) is 17.5. The summed E-state index contributed by atoms with van der Waals surface area (Å²) in [6.45, 7) is 3.48. The number of Topliss-reactive ketones (excluding diaryl/α,β-unsaturated/α-hetero) is 2. The summed E-state index contributed by atoms with van der Waals surface area (Å²) < 4.78 is 13.7. The molecule has 3 aromatic carbocycles. The maximum absolute atomic E-state index is 13.7. The number of benzene rings is 3. The van der Waals surface area contributed by atoms with Crippen molar-refractivity contribution in [2.24, 2.45) is 5.92 Å². The largest absolute Gasteiger partial charge is 0.298 e. The second-order valence-electron chi connectivity index (χ2n) is 7.56. The van der Waals surface area contributed by atoms with Gasteiger partial charge < -0.3 is 0 Å². The van der Waals surface area contributed by atoms with Crippen molar-refractivity contribution in [3.63, 3.8) is 0 Å². The van der Waals surface area contributed by atoms with Crippen molar-refractivity contribution < 1.29 is 18.8 Å². The van der Waals surface area contributed by atoms with E-state index in [9.17, 15) is 18.8 Å². The first-order chi connectivity index (χ1) is 14.9. The predicted octanol–water partition coefficient (Wildman–Crippen LogP) is 5.53. The second kappa shape index (κ2) is 9.94. The molecular weight excluding hydrogens is 393 g/mol. The molecule has 0 fully saturated rings. The van der Waals surface area contributed by atoms with E-state index in [0.717, 1.165) is 0 Å². The van der Waals surface area contributed by atoms with Gasteiger partial charge >= 0.3 is 0 Å². The minimum atomic E-state index is -0.656. The van der Waals surface area contributed by atoms with Gasteiger partial charge in [-0.2, -0.15) is 0 Å². The monoisotopic (exact) mass is 417 g/mol. The predicted molar refractivity (Wildman–Crippen MR) is 119 cm³/mol. The van der Waals surface area contributed by atoms with Crippen LogP contribution in [-0.4, -0.2) is 17.5 Å². The fraction of sp³-hybridized carbons (Fsp3) is 0.192. The van der Waals surface area contributed by atoms with Crippen LogP contribution in [0.15, 0.2) is 78.9 Å². The minimum absolute atomic E-state index is 0.0843. The van der Waals surface area contributed by atoms with Crippen LogP contribution >= 0.6 is 0 Å². The number of aryl methyl sites for hydroxylation is 1. The molecule has 3 aromatic rings. The Bertz CT molecular complexity index is 1040. The summed E-state index contributed by atoms with van der Waals surface area (Å²) in [6, 6.07) is 21.9. The average Bonchev–Trinajstić information content (AvgIpc) is 2.79. The SMILES string of the molecule is CC(C)C(=O)c1cc(F)ccc1CCC(=O)C(=O)N(c1ccccc1)c1ccccc1. The van der Waals surface area contributed by atoms with E-state index in [0.29, 0.717) is 16.9 Å². The van der Waals surface area contributed by atoms with Crippen LogP contribution in [0, 0.1) is 11.7 Å². The zero-order valence-corrected chi connectivity index (χ0v) is 17.5. The first-order valence-electron chi connectivity index (χ1n) is 10.2. The van der Waals surface area contributed by atoms with Crippen LogP contribution in [0.2, 0.25) is 0 Å². The van der Waals surface area contributed by atoms with E-state index >= 15 is 0 Å². The molecule has 158 valence electrons. The molecule has 0 bridgehead atoms. The standard InChI is InChI=1S/C26H24FNO3/c1-18(2)25(30)23-17-20(27)15-13-19(23)14-16-24(29)26(31)28(21-9-5-3-6-10-21)22-11-7-4-8-12-22/h3-13,15,17-18H,14,16H2,1-2H3. The number of para-hydroxylation sites is 2. The Morgan fingerprint density at radius 1 is 0.839 bits per heavy atom. The van der Waals surface area contributed by atoms with Gasteiger partial charge in [-0.05, 0) is 48.4 Å². The Kier molecular flexibility index (Phi) is 7.08. The maximum Gasteiger partial charge on any atom is 0.298 e. The van der Waals surface area contributed by atoms with Crippen molar-refractivity contribution in [2.75, 3.05) is 4.90 Å². The first-order valence-corrected chi connectivity index (χ1v) is 10.2. The number of carbonyl (C=O) groups excluding carboxylic acids is 3. The Labute approximate surface area is 181 Å². The molecule has 0 aromatic heterocycles. The van der Waals surface area contributed by atoms with Gasteiger partial charge in [-0.3, -0.25) is 19.3 Å². The third-order valence-electron chi connectivity index (χ3n) is 4.95. The number of carbonyl (C=O) groups is 3. The van der Waals surface area contributed by atoms with Gasteiger partial charge in [0, 0.05) is 29.3 Å². The summed E-state index contributed by atoms with van der Waals surface area (Å²) in [5, 5.41) is 0. The normalized spacial score (nSPS) is 10.7. The molecule has 0 unspecified atom stereocenters. The third kappa shape index (κ3) is 5.31. The third-order valence-corrected chi connectivity index (χ3v) is 4.95. The number of hydrogen-bond donors (Lipinski definition) is 0. The molecule has 0 N–H and O–H groups in total. The van der Waals surface area contributed by atoms with Gasteiger partial charge in [0.1, 0.15) is 5.82 Å². The van der Waals surface area contributed by atoms with Crippen LogP contribution in [0.25, 0.3) is 0 Å². The summed E-state index contributed by atoms with van der Waals surface area (Å²) in [4.78, 5) is 39.8. The summed E-state index contributed by atoms with van der Waals surface area (Å²) in [5.74, 6) is -2.24. The molecule has 31 heavy (non-hydrogen) atoms. The van der Waals surface area contributed by atoms with Crippen molar-refractivity contribution in [2.45, 2.75) is 26.7 Å². The highest BCUT2D eigenvalue weighted by molar-refractivity contribution is 6.42. The fourth-order valence-electron chi connectivity index (χ4n) is 3.32. The number of amides is 1. The Morgan fingerprint density at radius 3 is 1.90 bits per heavy atom. The fourth-order valence-corrected chi connectivity index (χ4v) is 3.32. The van der Waals surface area contributed by atoms with Crippen LogP contribution in [0.3, 0.4) is 0 Å². The van der Waals surface area contributed by atoms with E-state index in [1.165, 1.54) is 23.1 Å². The molecule has 4 nitrogen and oxygen atoms in total. The number of hydrogen-bond acceptors (Lipinski definition) is 3. The second-order valence-corrected chi connectivity index (χ2v) is 7.56. The van der Waals surface area contributed by atoms with Gasteiger partial charge in [0.2, 0.25) is 5.78 Å². The lowest BCUT2D eigenvalue weighted by molar-refractivity contribution is -0.135. The van der Waals surface area contributed by atoms with Gasteiger partial charge in [-0.1, -0.05) is 56.3 Å². The summed E-state index contributed by atoms with van der Waals surface area (Å²) in [5.41, 5.74) is 2.00. The molecule has 0 spiro atoms. The Balaban J connectivity index is 1.83. The van der Waals surface area contributed by atoms with Crippen LogP contribution in [-0.2, 0) is 16.0 Å². The zero-order chi connectivity index (χ0) is 22.4. The Morgan fingerprint density at radius 2 is 1.39 bits per heavy atom. The summed E-state index contributed by atoms with van der Waals surface area (Å²) in [6.07, 6.45) is 0.0923. The molecule has 0 heterocycles. The van der Waals surface area contributed by atoms with Gasteiger partial charge in [0.15, 0.2) is 5.78 Å². The number of nitrogens with zero attached hydrogens (tertiary/aromatic N) is 1. The molecule has 0 radical (unpaired) electrons. The van der Waals surface area contributed by atoms with E-state index in [4.69, 9.17) is 0 Å². The minimum Gasteiger partial charge on any atom is -0.294 e. The maximum atomic E-state index is 13.7. The summed E-state index contributed by atoms with van der Waals surface area (Å²) in [7, 11) is 0. The van der Waals surface area contributed by atoms with Crippen molar-refractivity contribution in [1.29, 1.82) is 0 Å². The van der Waals surface area contributed by atoms with E-state index in [-0.39, 0.29) is 30.1 Å². The molecule has 1 amide bonds. The van der Waals surface area contributed by atoms with Crippen molar-refractivity contribution >= 4 is 28.8 Å². The highest BCUT2D eigenvalue weighted by Gasteiger charge is 2.25. The van der Waals surface area contributed by atoms with Crippen molar-refractivity contribution in [3.05, 3.63) is 95.8 Å². The van der Waals surface area contributed by atoms with Crippen LogP contribution < -0.4 is 4.90 Å². The van der Waals surface area contributed by atoms with Crippen LogP contribution in [0.5, 0.6) is 0 Å². The van der Waals surface area contributed by atoms with E-state index in [1.807, 2.05) is 12.1 Å². The highest BCUT2D eigenvalue weighted by Crippen LogP contribution is 2.26. The van der Waals surface area contributed by atoms with E-state index < -0.39 is 17.5 Å². The number of rotatable bonds is 8. The van der Waals surface area contributed by atoms with Gasteiger partial charge in [-0.25, -0.2) is 4.39 Å². The molecule has 5 heteroatoms. The van der Waals surface area contributed by atoms with Gasteiger partial charge in [0.25, 0.3) is 5.91 Å². The molecule has 0 saturated carbocycles. The van der Waals surface area contributed by atoms with Gasteiger partial charge in [0.05, 0.1) is 0 Å². The smallest absolute Gasteiger partial charge is 0.294 e. The lowest BCUT2D eigenvalue weighted by atomic mass is 9.93.